The maximum absolute atomic E-state index is 12.0. The van der Waals surface area contributed by atoms with Gasteiger partial charge in [0.1, 0.15) is 18.0 Å². The van der Waals surface area contributed by atoms with Crippen molar-refractivity contribution in [3.63, 3.8) is 0 Å². The summed E-state index contributed by atoms with van der Waals surface area (Å²) in [5.74, 6) is 0.523. The molecule has 1 aromatic heterocycles. The summed E-state index contributed by atoms with van der Waals surface area (Å²) in [5.41, 5.74) is 5.25. The second-order valence-corrected chi connectivity index (χ2v) is 6.52. The standard InChI is InChI=1S/C14H21ClN4O3/c1-14(2,3)22-13(20)19-6-4-9(5-7-19)21-10-11(15)17-8-18-12(10)16/h8-9H,4-7H2,1-3H3,(H2,16,17,18). The van der Waals surface area contributed by atoms with Crippen LogP contribution in [0.15, 0.2) is 6.33 Å². The van der Waals surface area contributed by atoms with Gasteiger partial charge < -0.3 is 20.1 Å². The van der Waals surface area contributed by atoms with E-state index in [1.54, 1.807) is 4.90 Å². The molecular weight excluding hydrogens is 308 g/mol. The number of carbonyl (C=O) groups excluding carboxylic acids is 1. The third-order valence-electron chi connectivity index (χ3n) is 3.17. The average molecular weight is 329 g/mol. The summed E-state index contributed by atoms with van der Waals surface area (Å²) in [6.45, 7) is 6.67. The normalized spacial score (nSPS) is 16.5. The average Bonchev–Trinajstić information content (AvgIpc) is 2.42. The van der Waals surface area contributed by atoms with Crippen molar-refractivity contribution in [3.05, 3.63) is 11.5 Å². The van der Waals surface area contributed by atoms with Crippen molar-refractivity contribution in [1.29, 1.82) is 0 Å². The molecule has 0 aromatic carbocycles. The lowest BCUT2D eigenvalue weighted by Crippen LogP contribution is -2.44. The number of hydrogen-bond donors (Lipinski definition) is 1. The Morgan fingerprint density at radius 3 is 2.55 bits per heavy atom. The maximum Gasteiger partial charge on any atom is 0.410 e. The van der Waals surface area contributed by atoms with Gasteiger partial charge >= 0.3 is 6.09 Å². The molecule has 8 heteroatoms. The van der Waals surface area contributed by atoms with Crippen molar-refractivity contribution in [3.8, 4) is 5.75 Å². The van der Waals surface area contributed by atoms with Crippen LogP contribution in [0.3, 0.4) is 0 Å². The zero-order chi connectivity index (χ0) is 16.3. The number of nitrogen functional groups attached to an aromatic ring is 1. The number of nitrogens with two attached hydrogens (primary N) is 1. The molecule has 1 aliphatic rings. The van der Waals surface area contributed by atoms with E-state index in [9.17, 15) is 4.79 Å². The van der Waals surface area contributed by atoms with E-state index in [0.29, 0.717) is 31.7 Å². The molecule has 0 atom stereocenters. The fourth-order valence-electron chi connectivity index (χ4n) is 2.12. The van der Waals surface area contributed by atoms with Crippen LogP contribution in [0.4, 0.5) is 10.6 Å². The lowest BCUT2D eigenvalue weighted by Gasteiger charge is -2.33. The smallest absolute Gasteiger partial charge is 0.410 e. The zero-order valence-electron chi connectivity index (χ0n) is 13.0. The molecule has 0 spiro atoms. The van der Waals surface area contributed by atoms with Crippen LogP contribution >= 0.6 is 11.6 Å². The van der Waals surface area contributed by atoms with Gasteiger partial charge in [0.2, 0.25) is 0 Å². The zero-order valence-corrected chi connectivity index (χ0v) is 13.8. The quantitative estimate of drug-likeness (QED) is 0.839. The molecule has 1 amide bonds. The summed E-state index contributed by atoms with van der Waals surface area (Å²) in [7, 11) is 0. The van der Waals surface area contributed by atoms with Crippen molar-refractivity contribution >= 4 is 23.5 Å². The fourth-order valence-corrected chi connectivity index (χ4v) is 2.31. The molecule has 122 valence electrons. The Balaban J connectivity index is 1.89. The van der Waals surface area contributed by atoms with E-state index in [1.807, 2.05) is 20.8 Å². The number of ether oxygens (including phenoxy) is 2. The minimum absolute atomic E-state index is 0.0792. The largest absolute Gasteiger partial charge is 0.483 e. The molecule has 1 fully saturated rings. The number of anilines is 1. The summed E-state index contributed by atoms with van der Waals surface area (Å²) < 4.78 is 11.1. The summed E-state index contributed by atoms with van der Waals surface area (Å²) in [4.78, 5) is 21.4. The highest BCUT2D eigenvalue weighted by molar-refractivity contribution is 6.31. The van der Waals surface area contributed by atoms with E-state index in [-0.39, 0.29) is 23.2 Å². The minimum atomic E-state index is -0.492. The summed E-state index contributed by atoms with van der Waals surface area (Å²) in [6.07, 6.45) is 2.25. The van der Waals surface area contributed by atoms with Gasteiger partial charge in [-0.05, 0) is 20.8 Å². The van der Waals surface area contributed by atoms with Gasteiger partial charge in [-0.2, -0.15) is 0 Å². The Hall–Kier alpha value is -1.76. The molecule has 1 aliphatic heterocycles. The summed E-state index contributed by atoms with van der Waals surface area (Å²) in [5, 5.41) is 0.196. The third kappa shape index (κ3) is 4.37. The predicted molar refractivity (Wildman–Crippen MR) is 82.9 cm³/mol. The molecule has 1 saturated heterocycles. The van der Waals surface area contributed by atoms with E-state index in [1.165, 1.54) is 6.33 Å². The summed E-state index contributed by atoms with van der Waals surface area (Å²) >= 11 is 5.96. The van der Waals surface area contributed by atoms with E-state index in [4.69, 9.17) is 26.8 Å². The second kappa shape index (κ2) is 6.56. The van der Waals surface area contributed by atoms with Crippen molar-refractivity contribution < 1.29 is 14.3 Å². The first-order chi connectivity index (χ1) is 10.3. The number of likely N-dealkylation sites (tertiary alicyclic amines) is 1. The van der Waals surface area contributed by atoms with Crippen LogP contribution < -0.4 is 10.5 Å². The highest BCUT2D eigenvalue weighted by atomic mass is 35.5. The first kappa shape index (κ1) is 16.6. The summed E-state index contributed by atoms with van der Waals surface area (Å²) in [6, 6.07) is 0. The van der Waals surface area contributed by atoms with Gasteiger partial charge in [0, 0.05) is 25.9 Å². The Morgan fingerprint density at radius 2 is 2.00 bits per heavy atom. The Morgan fingerprint density at radius 1 is 1.36 bits per heavy atom. The lowest BCUT2D eigenvalue weighted by atomic mass is 10.1. The van der Waals surface area contributed by atoms with Crippen molar-refractivity contribution in [2.45, 2.75) is 45.3 Å². The Bertz CT molecular complexity index is 519. The molecule has 7 nitrogen and oxygen atoms in total. The number of hydrogen-bond acceptors (Lipinski definition) is 6. The van der Waals surface area contributed by atoms with E-state index in [0.717, 1.165) is 0 Å². The van der Waals surface area contributed by atoms with Crippen molar-refractivity contribution in [2.75, 3.05) is 18.8 Å². The third-order valence-corrected chi connectivity index (χ3v) is 3.44. The topological polar surface area (TPSA) is 90.6 Å². The van der Waals surface area contributed by atoms with Gasteiger partial charge in [-0.3, -0.25) is 0 Å². The first-order valence-electron chi connectivity index (χ1n) is 7.17. The van der Waals surface area contributed by atoms with Gasteiger partial charge in [0.05, 0.1) is 0 Å². The SMILES string of the molecule is CC(C)(C)OC(=O)N1CCC(Oc2c(N)ncnc2Cl)CC1. The van der Waals surface area contributed by atoms with E-state index in [2.05, 4.69) is 9.97 Å². The number of rotatable bonds is 2. The van der Waals surface area contributed by atoms with Crippen LogP contribution in [-0.4, -0.2) is 45.8 Å². The van der Waals surface area contributed by atoms with Gasteiger partial charge in [-0.1, -0.05) is 11.6 Å². The number of carbonyl (C=O) groups is 1. The van der Waals surface area contributed by atoms with Crippen molar-refractivity contribution in [1.82, 2.24) is 14.9 Å². The van der Waals surface area contributed by atoms with Crippen LogP contribution in [0.1, 0.15) is 33.6 Å². The fraction of sp³-hybridized carbons (Fsp3) is 0.643. The predicted octanol–water partition coefficient (Wildman–Crippen LogP) is 2.49. The highest BCUT2D eigenvalue weighted by Gasteiger charge is 2.28. The highest BCUT2D eigenvalue weighted by Crippen LogP contribution is 2.29. The first-order valence-corrected chi connectivity index (χ1v) is 7.54. The number of piperidine rings is 1. The van der Waals surface area contributed by atoms with Crippen LogP contribution in [0.25, 0.3) is 0 Å². The molecule has 2 rings (SSSR count). The van der Waals surface area contributed by atoms with Crippen LogP contribution in [-0.2, 0) is 4.74 Å². The number of halogens is 1. The molecule has 2 heterocycles. The second-order valence-electron chi connectivity index (χ2n) is 6.16. The van der Waals surface area contributed by atoms with Gasteiger partial charge in [-0.15, -0.1) is 0 Å². The van der Waals surface area contributed by atoms with Gasteiger partial charge in [-0.25, -0.2) is 14.8 Å². The van der Waals surface area contributed by atoms with Crippen LogP contribution in [0.2, 0.25) is 5.15 Å². The molecule has 2 N–H and O–H groups in total. The maximum atomic E-state index is 12.0. The molecule has 0 aliphatic carbocycles. The van der Waals surface area contributed by atoms with E-state index >= 15 is 0 Å². The Labute approximate surface area is 134 Å². The van der Waals surface area contributed by atoms with Crippen LogP contribution in [0, 0.1) is 0 Å². The minimum Gasteiger partial charge on any atom is -0.483 e. The lowest BCUT2D eigenvalue weighted by molar-refractivity contribution is 0.0126. The van der Waals surface area contributed by atoms with Gasteiger partial charge in [0.25, 0.3) is 0 Å². The number of amides is 1. The Kier molecular flexibility index (Phi) is 4.95. The van der Waals surface area contributed by atoms with Crippen LogP contribution in [0.5, 0.6) is 5.75 Å². The molecular formula is C14H21ClN4O3. The number of nitrogens with zero attached hydrogens (tertiary/aromatic N) is 3. The molecule has 1 aromatic rings. The molecule has 0 saturated carbocycles. The molecule has 22 heavy (non-hydrogen) atoms. The monoisotopic (exact) mass is 328 g/mol. The van der Waals surface area contributed by atoms with E-state index < -0.39 is 5.60 Å². The molecule has 0 unspecified atom stereocenters. The van der Waals surface area contributed by atoms with Gasteiger partial charge in [0.15, 0.2) is 16.7 Å². The van der Waals surface area contributed by atoms with Crippen molar-refractivity contribution in [2.24, 2.45) is 0 Å². The molecule has 0 bridgehead atoms. The molecule has 0 radical (unpaired) electrons. The number of aromatic nitrogens is 2.